The fourth-order valence-corrected chi connectivity index (χ4v) is 2.73. The van der Waals surface area contributed by atoms with Gasteiger partial charge in [0.1, 0.15) is 29.4 Å². The summed E-state index contributed by atoms with van der Waals surface area (Å²) in [6, 6.07) is 18.5. The molecule has 1 aromatic heterocycles. The number of rotatable bonds is 7. The molecule has 29 heavy (non-hydrogen) atoms. The minimum Gasteiger partial charge on any atom is -0.489 e. The Hall–Kier alpha value is -3.54. The smallest absolute Gasteiger partial charge is 0.342 e. The summed E-state index contributed by atoms with van der Waals surface area (Å²) in [5, 5.41) is 2.72. The SMILES string of the molecule is Cc1cc(C(=O)O[C@@H](C)C(=O)Nc2ccc(OCc3ccccc3)cc2)c(C)o1. The normalized spacial score (nSPS) is 11.6. The van der Waals surface area contributed by atoms with E-state index in [0.29, 0.717) is 35.1 Å². The van der Waals surface area contributed by atoms with Gasteiger partial charge in [-0.3, -0.25) is 4.79 Å². The van der Waals surface area contributed by atoms with E-state index in [1.54, 1.807) is 44.2 Å². The molecule has 6 nitrogen and oxygen atoms in total. The maximum Gasteiger partial charge on any atom is 0.342 e. The zero-order chi connectivity index (χ0) is 20.8. The average Bonchev–Trinajstić information content (AvgIpc) is 3.06. The lowest BCUT2D eigenvalue weighted by molar-refractivity contribution is -0.123. The van der Waals surface area contributed by atoms with Gasteiger partial charge < -0.3 is 19.2 Å². The lowest BCUT2D eigenvalue weighted by Gasteiger charge is -2.13. The minimum atomic E-state index is -0.953. The van der Waals surface area contributed by atoms with Crippen LogP contribution in [0.5, 0.6) is 5.75 Å². The van der Waals surface area contributed by atoms with Gasteiger partial charge in [0.2, 0.25) is 0 Å². The highest BCUT2D eigenvalue weighted by molar-refractivity contribution is 5.97. The van der Waals surface area contributed by atoms with E-state index in [1.165, 1.54) is 6.92 Å². The molecule has 0 saturated heterocycles. The molecule has 3 aromatic rings. The maximum atomic E-state index is 12.3. The van der Waals surface area contributed by atoms with Crippen LogP contribution in [0, 0.1) is 13.8 Å². The van der Waals surface area contributed by atoms with Crippen molar-refractivity contribution >= 4 is 17.6 Å². The quantitative estimate of drug-likeness (QED) is 0.591. The Morgan fingerprint density at radius 2 is 1.72 bits per heavy atom. The van der Waals surface area contributed by atoms with E-state index in [1.807, 2.05) is 30.3 Å². The first-order valence-electron chi connectivity index (χ1n) is 9.28. The molecule has 150 valence electrons. The molecule has 0 fully saturated rings. The number of hydrogen-bond donors (Lipinski definition) is 1. The summed E-state index contributed by atoms with van der Waals surface area (Å²) in [5.74, 6) is 0.755. The number of anilines is 1. The van der Waals surface area contributed by atoms with Gasteiger partial charge in [0.25, 0.3) is 5.91 Å². The Balaban J connectivity index is 1.51. The standard InChI is InChI=1S/C23H23NO5/c1-15-13-21(16(2)28-15)23(26)29-17(3)22(25)24-19-9-11-20(12-10-19)27-14-18-7-5-4-6-8-18/h4-13,17H,14H2,1-3H3,(H,24,25)/t17-/m0/s1. The van der Waals surface area contributed by atoms with Gasteiger partial charge in [0.15, 0.2) is 6.10 Å². The van der Waals surface area contributed by atoms with Crippen molar-refractivity contribution in [3.8, 4) is 5.75 Å². The molecule has 0 bridgehead atoms. The van der Waals surface area contributed by atoms with Crippen molar-refractivity contribution in [1.29, 1.82) is 0 Å². The molecule has 0 aliphatic heterocycles. The van der Waals surface area contributed by atoms with Crippen LogP contribution in [0.4, 0.5) is 5.69 Å². The van der Waals surface area contributed by atoms with E-state index >= 15 is 0 Å². The predicted molar refractivity (Wildman–Crippen MR) is 109 cm³/mol. The Kier molecular flexibility index (Phi) is 6.34. The van der Waals surface area contributed by atoms with E-state index < -0.39 is 18.0 Å². The Bertz CT molecular complexity index is 976. The van der Waals surface area contributed by atoms with Crippen LogP contribution in [0.3, 0.4) is 0 Å². The number of nitrogens with one attached hydrogen (secondary N) is 1. The van der Waals surface area contributed by atoms with Crippen molar-refractivity contribution in [2.24, 2.45) is 0 Å². The predicted octanol–water partition coefficient (Wildman–Crippen LogP) is 4.66. The van der Waals surface area contributed by atoms with Crippen LogP contribution in [0.25, 0.3) is 0 Å². The van der Waals surface area contributed by atoms with Crippen molar-refractivity contribution in [3.05, 3.63) is 83.3 Å². The second kappa shape index (κ2) is 9.10. The molecule has 0 aliphatic carbocycles. The molecule has 0 saturated carbocycles. The van der Waals surface area contributed by atoms with E-state index in [-0.39, 0.29) is 0 Å². The Labute approximate surface area is 169 Å². The molecular formula is C23H23NO5. The van der Waals surface area contributed by atoms with Gasteiger partial charge in [-0.1, -0.05) is 30.3 Å². The third-order valence-corrected chi connectivity index (χ3v) is 4.28. The molecule has 0 aliphatic rings. The molecule has 6 heteroatoms. The number of ether oxygens (including phenoxy) is 2. The highest BCUT2D eigenvalue weighted by Crippen LogP contribution is 2.19. The number of furan rings is 1. The highest BCUT2D eigenvalue weighted by Gasteiger charge is 2.22. The summed E-state index contributed by atoms with van der Waals surface area (Å²) < 4.78 is 16.3. The second-order valence-electron chi connectivity index (χ2n) is 6.66. The third kappa shape index (κ3) is 5.48. The van der Waals surface area contributed by atoms with E-state index in [0.717, 1.165) is 5.56 Å². The first-order chi connectivity index (χ1) is 13.9. The van der Waals surface area contributed by atoms with Crippen molar-refractivity contribution in [2.45, 2.75) is 33.5 Å². The van der Waals surface area contributed by atoms with Crippen LogP contribution < -0.4 is 10.1 Å². The van der Waals surface area contributed by atoms with Crippen molar-refractivity contribution in [3.63, 3.8) is 0 Å². The molecule has 1 heterocycles. The fourth-order valence-electron chi connectivity index (χ4n) is 2.73. The second-order valence-corrected chi connectivity index (χ2v) is 6.66. The summed E-state index contributed by atoms with van der Waals surface area (Å²) >= 11 is 0. The van der Waals surface area contributed by atoms with Crippen molar-refractivity contribution < 1.29 is 23.5 Å². The zero-order valence-electron chi connectivity index (χ0n) is 16.6. The molecule has 3 rings (SSSR count). The van der Waals surface area contributed by atoms with Crippen LogP contribution in [-0.2, 0) is 16.1 Å². The lowest BCUT2D eigenvalue weighted by atomic mass is 10.2. The summed E-state index contributed by atoms with van der Waals surface area (Å²) in [6.07, 6.45) is -0.953. The summed E-state index contributed by atoms with van der Waals surface area (Å²) in [7, 11) is 0. The van der Waals surface area contributed by atoms with E-state index in [4.69, 9.17) is 13.9 Å². The van der Waals surface area contributed by atoms with Gasteiger partial charge in [-0.25, -0.2) is 4.79 Å². The van der Waals surface area contributed by atoms with Crippen molar-refractivity contribution in [2.75, 3.05) is 5.32 Å². The monoisotopic (exact) mass is 393 g/mol. The average molecular weight is 393 g/mol. The summed E-state index contributed by atoms with van der Waals surface area (Å²) in [6.45, 7) is 5.40. The van der Waals surface area contributed by atoms with E-state index in [2.05, 4.69) is 5.32 Å². The fraction of sp³-hybridized carbons (Fsp3) is 0.217. The molecular weight excluding hydrogens is 370 g/mol. The van der Waals surface area contributed by atoms with Crippen LogP contribution >= 0.6 is 0 Å². The van der Waals surface area contributed by atoms with Gasteiger partial charge in [-0.15, -0.1) is 0 Å². The summed E-state index contributed by atoms with van der Waals surface area (Å²) in [4.78, 5) is 24.5. The van der Waals surface area contributed by atoms with Gasteiger partial charge >= 0.3 is 5.97 Å². The molecule has 0 unspecified atom stereocenters. The topological polar surface area (TPSA) is 77.8 Å². The van der Waals surface area contributed by atoms with Gasteiger partial charge in [-0.05, 0) is 56.7 Å². The first-order valence-corrected chi connectivity index (χ1v) is 9.28. The third-order valence-electron chi connectivity index (χ3n) is 4.28. The maximum absolute atomic E-state index is 12.3. The number of hydrogen-bond acceptors (Lipinski definition) is 5. The zero-order valence-corrected chi connectivity index (χ0v) is 16.6. The minimum absolute atomic E-state index is 0.321. The first kappa shape index (κ1) is 20.2. The Morgan fingerprint density at radius 1 is 1.03 bits per heavy atom. The van der Waals surface area contributed by atoms with Crippen LogP contribution in [0.2, 0.25) is 0 Å². The van der Waals surface area contributed by atoms with Gasteiger partial charge in [0, 0.05) is 5.69 Å². The molecule has 1 atom stereocenters. The number of aryl methyl sites for hydroxylation is 2. The molecule has 2 aromatic carbocycles. The number of amides is 1. The van der Waals surface area contributed by atoms with Gasteiger partial charge in [0.05, 0.1) is 0 Å². The molecule has 1 amide bonds. The molecule has 0 radical (unpaired) electrons. The van der Waals surface area contributed by atoms with Crippen LogP contribution in [-0.4, -0.2) is 18.0 Å². The number of carbonyl (C=O) groups excluding carboxylic acids is 2. The number of esters is 1. The van der Waals surface area contributed by atoms with Crippen LogP contribution in [0.15, 0.2) is 65.1 Å². The van der Waals surface area contributed by atoms with Gasteiger partial charge in [-0.2, -0.15) is 0 Å². The van der Waals surface area contributed by atoms with Crippen molar-refractivity contribution in [1.82, 2.24) is 0 Å². The lowest BCUT2D eigenvalue weighted by Crippen LogP contribution is -2.30. The Morgan fingerprint density at radius 3 is 2.34 bits per heavy atom. The largest absolute Gasteiger partial charge is 0.489 e. The number of carbonyl (C=O) groups is 2. The van der Waals surface area contributed by atoms with E-state index in [9.17, 15) is 9.59 Å². The number of benzene rings is 2. The molecule has 0 spiro atoms. The summed E-state index contributed by atoms with van der Waals surface area (Å²) in [5.41, 5.74) is 1.98. The molecule has 1 N–H and O–H groups in total. The van der Waals surface area contributed by atoms with Crippen LogP contribution in [0.1, 0.15) is 34.4 Å². The highest BCUT2D eigenvalue weighted by atomic mass is 16.5.